The Balaban J connectivity index is 1.32. The first kappa shape index (κ1) is 17.5. The molecule has 1 fully saturated rings. The Morgan fingerprint density at radius 1 is 1.15 bits per heavy atom. The normalized spacial score (nSPS) is 16.4. The lowest BCUT2D eigenvalue weighted by Gasteiger charge is -2.10. The number of pyridine rings is 1. The maximum atomic E-state index is 12.2. The fourth-order valence-corrected chi connectivity index (χ4v) is 3.14. The largest absolute Gasteiger partial charge is 0.489 e. The molecule has 5 nitrogen and oxygen atoms in total. The standard InChI is InChI=1S/C22H22N2O3/c25-22(24-13-17-9-10-26-14-17)21-8-5-16(12-23-21)15-27-20-7-6-18-3-1-2-4-19(18)11-20/h1-8,11-12,17H,9-10,13-15H2,(H,24,25). The topological polar surface area (TPSA) is 60.5 Å². The summed E-state index contributed by atoms with van der Waals surface area (Å²) in [6.45, 7) is 2.55. The van der Waals surface area contributed by atoms with E-state index in [1.54, 1.807) is 12.3 Å². The van der Waals surface area contributed by atoms with Crippen molar-refractivity contribution in [2.45, 2.75) is 13.0 Å². The molecule has 2 heterocycles. The van der Waals surface area contributed by atoms with Gasteiger partial charge in [0.05, 0.1) is 6.61 Å². The van der Waals surface area contributed by atoms with E-state index >= 15 is 0 Å². The Hall–Kier alpha value is -2.92. The minimum absolute atomic E-state index is 0.149. The van der Waals surface area contributed by atoms with Crippen molar-refractivity contribution in [1.82, 2.24) is 10.3 Å². The van der Waals surface area contributed by atoms with Crippen molar-refractivity contribution < 1.29 is 14.3 Å². The number of ether oxygens (including phenoxy) is 2. The van der Waals surface area contributed by atoms with Crippen molar-refractivity contribution in [3.63, 3.8) is 0 Å². The summed E-state index contributed by atoms with van der Waals surface area (Å²) < 4.78 is 11.2. The van der Waals surface area contributed by atoms with Gasteiger partial charge < -0.3 is 14.8 Å². The van der Waals surface area contributed by atoms with Crippen molar-refractivity contribution in [2.24, 2.45) is 5.92 Å². The number of carbonyl (C=O) groups excluding carboxylic acids is 1. The molecule has 1 aliphatic heterocycles. The molecule has 138 valence electrons. The van der Waals surface area contributed by atoms with Crippen LogP contribution < -0.4 is 10.1 Å². The van der Waals surface area contributed by atoms with Crippen LogP contribution in [0.3, 0.4) is 0 Å². The Kier molecular flexibility index (Phi) is 5.30. The lowest BCUT2D eigenvalue weighted by Crippen LogP contribution is -2.30. The number of rotatable bonds is 6. The summed E-state index contributed by atoms with van der Waals surface area (Å²) >= 11 is 0. The number of carbonyl (C=O) groups is 1. The minimum atomic E-state index is -0.149. The molecule has 0 saturated carbocycles. The molecule has 1 amide bonds. The zero-order valence-electron chi connectivity index (χ0n) is 15.1. The molecule has 3 aromatic rings. The zero-order chi connectivity index (χ0) is 18.5. The highest BCUT2D eigenvalue weighted by Gasteiger charge is 2.17. The number of aromatic nitrogens is 1. The second kappa shape index (κ2) is 8.18. The molecule has 0 aliphatic carbocycles. The van der Waals surface area contributed by atoms with Gasteiger partial charge in [0.25, 0.3) is 5.91 Å². The first-order chi connectivity index (χ1) is 13.3. The van der Waals surface area contributed by atoms with Gasteiger partial charge in [-0.15, -0.1) is 0 Å². The van der Waals surface area contributed by atoms with E-state index in [9.17, 15) is 4.79 Å². The van der Waals surface area contributed by atoms with Gasteiger partial charge in [0.1, 0.15) is 18.1 Å². The Morgan fingerprint density at radius 2 is 2.04 bits per heavy atom. The summed E-state index contributed by atoms with van der Waals surface area (Å²) in [6, 6.07) is 17.8. The van der Waals surface area contributed by atoms with Crippen LogP contribution >= 0.6 is 0 Å². The monoisotopic (exact) mass is 362 g/mol. The fraction of sp³-hybridized carbons (Fsp3) is 0.273. The third-order valence-electron chi connectivity index (χ3n) is 4.76. The lowest BCUT2D eigenvalue weighted by molar-refractivity contribution is 0.0940. The van der Waals surface area contributed by atoms with E-state index in [0.717, 1.165) is 36.3 Å². The summed E-state index contributed by atoms with van der Waals surface area (Å²) in [5.74, 6) is 1.07. The van der Waals surface area contributed by atoms with Gasteiger partial charge in [0, 0.05) is 30.8 Å². The van der Waals surface area contributed by atoms with Crippen molar-refractivity contribution in [3.8, 4) is 5.75 Å². The minimum Gasteiger partial charge on any atom is -0.489 e. The molecule has 1 N–H and O–H groups in total. The van der Waals surface area contributed by atoms with Gasteiger partial charge in [0.2, 0.25) is 0 Å². The molecule has 0 radical (unpaired) electrons. The second-order valence-electron chi connectivity index (χ2n) is 6.79. The highest BCUT2D eigenvalue weighted by Crippen LogP contribution is 2.21. The van der Waals surface area contributed by atoms with E-state index < -0.39 is 0 Å². The van der Waals surface area contributed by atoms with E-state index in [4.69, 9.17) is 9.47 Å². The van der Waals surface area contributed by atoms with E-state index in [1.165, 1.54) is 5.39 Å². The molecule has 1 saturated heterocycles. The van der Waals surface area contributed by atoms with Gasteiger partial charge in [-0.3, -0.25) is 9.78 Å². The Labute approximate surface area is 158 Å². The second-order valence-corrected chi connectivity index (χ2v) is 6.79. The Bertz CT molecular complexity index is 918. The molecule has 27 heavy (non-hydrogen) atoms. The van der Waals surface area contributed by atoms with Gasteiger partial charge >= 0.3 is 0 Å². The molecule has 0 bridgehead atoms. The molecule has 1 unspecified atom stereocenters. The van der Waals surface area contributed by atoms with Crippen LogP contribution in [0.15, 0.2) is 60.8 Å². The van der Waals surface area contributed by atoms with Gasteiger partial charge in [-0.1, -0.05) is 36.4 Å². The first-order valence-electron chi connectivity index (χ1n) is 9.20. The number of benzene rings is 2. The highest BCUT2D eigenvalue weighted by molar-refractivity contribution is 5.92. The van der Waals surface area contributed by atoms with E-state index in [1.807, 2.05) is 36.4 Å². The van der Waals surface area contributed by atoms with Crippen molar-refractivity contribution in [3.05, 3.63) is 72.1 Å². The van der Waals surface area contributed by atoms with E-state index in [-0.39, 0.29) is 5.91 Å². The third-order valence-corrected chi connectivity index (χ3v) is 4.76. The Morgan fingerprint density at radius 3 is 2.81 bits per heavy atom. The van der Waals surface area contributed by atoms with Crippen molar-refractivity contribution in [2.75, 3.05) is 19.8 Å². The molecule has 5 heteroatoms. The molecular formula is C22H22N2O3. The van der Waals surface area contributed by atoms with Crippen LogP contribution in [-0.2, 0) is 11.3 Å². The van der Waals surface area contributed by atoms with Crippen LogP contribution in [0.1, 0.15) is 22.5 Å². The number of amides is 1. The quantitative estimate of drug-likeness (QED) is 0.728. The average molecular weight is 362 g/mol. The van der Waals surface area contributed by atoms with Gasteiger partial charge in [-0.05, 0) is 35.4 Å². The van der Waals surface area contributed by atoms with Crippen LogP contribution in [-0.4, -0.2) is 30.6 Å². The highest BCUT2D eigenvalue weighted by atomic mass is 16.5. The number of nitrogens with zero attached hydrogens (tertiary/aromatic N) is 1. The van der Waals surface area contributed by atoms with Gasteiger partial charge in [-0.2, -0.15) is 0 Å². The number of fused-ring (bicyclic) bond motifs is 1. The average Bonchev–Trinajstić information content (AvgIpc) is 3.24. The summed E-state index contributed by atoms with van der Waals surface area (Å²) in [6.07, 6.45) is 2.69. The van der Waals surface area contributed by atoms with Gasteiger partial charge in [-0.25, -0.2) is 0 Å². The molecule has 1 atom stereocenters. The first-order valence-corrected chi connectivity index (χ1v) is 9.20. The summed E-state index contributed by atoms with van der Waals surface area (Å²) in [5.41, 5.74) is 1.34. The SMILES string of the molecule is O=C(NCC1CCOC1)c1ccc(COc2ccc3ccccc3c2)cn1. The molecule has 0 spiro atoms. The smallest absolute Gasteiger partial charge is 0.269 e. The summed E-state index contributed by atoms with van der Waals surface area (Å²) in [4.78, 5) is 16.4. The number of nitrogens with one attached hydrogen (secondary N) is 1. The fourth-order valence-electron chi connectivity index (χ4n) is 3.14. The van der Waals surface area contributed by atoms with Crippen molar-refractivity contribution in [1.29, 1.82) is 0 Å². The summed E-state index contributed by atoms with van der Waals surface area (Å²) in [5, 5.41) is 5.25. The molecule has 2 aromatic carbocycles. The predicted molar refractivity (Wildman–Crippen MR) is 104 cm³/mol. The molecule has 1 aromatic heterocycles. The molecule has 1 aliphatic rings. The predicted octanol–water partition coefficient (Wildman–Crippen LogP) is 3.58. The van der Waals surface area contributed by atoms with Crippen LogP contribution in [0, 0.1) is 5.92 Å². The van der Waals surface area contributed by atoms with Crippen LogP contribution in [0.5, 0.6) is 5.75 Å². The number of hydrogen-bond donors (Lipinski definition) is 1. The van der Waals surface area contributed by atoms with E-state index in [2.05, 4.69) is 22.4 Å². The van der Waals surface area contributed by atoms with Gasteiger partial charge in [0.15, 0.2) is 0 Å². The van der Waals surface area contributed by atoms with E-state index in [0.29, 0.717) is 24.8 Å². The number of hydrogen-bond acceptors (Lipinski definition) is 4. The van der Waals surface area contributed by atoms with Crippen molar-refractivity contribution >= 4 is 16.7 Å². The summed E-state index contributed by atoms with van der Waals surface area (Å²) in [7, 11) is 0. The molecule has 4 rings (SSSR count). The molecular weight excluding hydrogens is 340 g/mol. The lowest BCUT2D eigenvalue weighted by atomic mass is 10.1. The maximum Gasteiger partial charge on any atom is 0.269 e. The van der Waals surface area contributed by atoms with Crippen LogP contribution in [0.2, 0.25) is 0 Å². The van der Waals surface area contributed by atoms with Crippen LogP contribution in [0.25, 0.3) is 10.8 Å². The zero-order valence-corrected chi connectivity index (χ0v) is 15.1. The van der Waals surface area contributed by atoms with Crippen LogP contribution in [0.4, 0.5) is 0 Å². The maximum absolute atomic E-state index is 12.2. The third kappa shape index (κ3) is 4.44.